The summed E-state index contributed by atoms with van der Waals surface area (Å²) in [6.45, 7) is 0.513. The molecule has 1 aromatic carbocycles. The van der Waals surface area contributed by atoms with Crippen LogP contribution in [0.1, 0.15) is 12.0 Å². The fraction of sp³-hybridized carbons (Fsp3) is 0.385. The lowest BCUT2D eigenvalue weighted by Gasteiger charge is -2.20. The minimum absolute atomic E-state index is 0.291. The van der Waals surface area contributed by atoms with Crippen molar-refractivity contribution in [1.82, 2.24) is 0 Å². The summed E-state index contributed by atoms with van der Waals surface area (Å²) < 4.78 is 14.9. The number of carbonyl (C=O) groups excluding carboxylic acids is 2. The van der Waals surface area contributed by atoms with Crippen molar-refractivity contribution in [3.63, 3.8) is 0 Å². The van der Waals surface area contributed by atoms with Crippen molar-refractivity contribution >= 4 is 11.9 Å². The summed E-state index contributed by atoms with van der Waals surface area (Å²) in [6, 6.07) is 9.70. The Balaban J connectivity index is 1.69. The molecular weight excluding hydrogens is 236 g/mol. The van der Waals surface area contributed by atoms with Gasteiger partial charge in [0.05, 0.1) is 13.2 Å². The largest absolute Gasteiger partial charge is 0.451 e. The van der Waals surface area contributed by atoms with Gasteiger partial charge in [0, 0.05) is 6.42 Å². The van der Waals surface area contributed by atoms with Gasteiger partial charge in [-0.05, 0) is 5.56 Å². The molecule has 0 saturated carbocycles. The van der Waals surface area contributed by atoms with E-state index in [2.05, 4.69) is 4.74 Å². The quantitative estimate of drug-likeness (QED) is 0.577. The van der Waals surface area contributed by atoms with Crippen LogP contribution in [0.4, 0.5) is 0 Å². The second-order valence-electron chi connectivity index (χ2n) is 3.91. The van der Waals surface area contributed by atoms with Crippen LogP contribution in [0.25, 0.3) is 0 Å². The summed E-state index contributed by atoms with van der Waals surface area (Å²) in [6.07, 6.45) is -0.515. The summed E-state index contributed by atoms with van der Waals surface area (Å²) in [5.41, 5.74) is 1.06. The first-order chi connectivity index (χ1) is 8.75. The molecule has 1 aliphatic heterocycles. The molecule has 0 radical (unpaired) electrons. The zero-order chi connectivity index (χ0) is 12.8. The van der Waals surface area contributed by atoms with E-state index >= 15 is 0 Å². The van der Waals surface area contributed by atoms with E-state index in [1.54, 1.807) is 0 Å². The monoisotopic (exact) mass is 250 g/mol. The number of rotatable bonds is 5. The van der Waals surface area contributed by atoms with Gasteiger partial charge in [-0.3, -0.25) is 0 Å². The Morgan fingerprint density at radius 2 is 2.00 bits per heavy atom. The van der Waals surface area contributed by atoms with Gasteiger partial charge in [0.1, 0.15) is 0 Å². The highest BCUT2D eigenvalue weighted by molar-refractivity contribution is 5.85. The highest BCUT2D eigenvalue weighted by Gasteiger charge is 2.29. The van der Waals surface area contributed by atoms with E-state index in [0.717, 1.165) is 5.56 Å². The van der Waals surface area contributed by atoms with Crippen molar-refractivity contribution < 1.29 is 23.8 Å². The van der Waals surface area contributed by atoms with Gasteiger partial charge in [-0.1, -0.05) is 30.3 Å². The summed E-state index contributed by atoms with van der Waals surface area (Å²) >= 11 is 0. The first kappa shape index (κ1) is 12.6. The van der Waals surface area contributed by atoms with E-state index in [0.29, 0.717) is 19.6 Å². The van der Waals surface area contributed by atoms with Crippen molar-refractivity contribution in [1.29, 1.82) is 0 Å². The molecule has 1 atom stereocenters. The van der Waals surface area contributed by atoms with Gasteiger partial charge in [0.25, 0.3) is 0 Å². The maximum absolute atomic E-state index is 11.2. The lowest BCUT2D eigenvalue weighted by molar-refractivity contribution is -0.185. The van der Waals surface area contributed by atoms with Gasteiger partial charge in [-0.2, -0.15) is 0 Å². The topological polar surface area (TPSA) is 61.8 Å². The first-order valence-corrected chi connectivity index (χ1v) is 5.73. The molecule has 18 heavy (non-hydrogen) atoms. The van der Waals surface area contributed by atoms with Gasteiger partial charge in [-0.25, -0.2) is 9.59 Å². The molecule has 0 aromatic heterocycles. The van der Waals surface area contributed by atoms with Crippen LogP contribution in [-0.2, 0) is 30.4 Å². The molecule has 96 valence electrons. The second-order valence-corrected chi connectivity index (χ2v) is 3.91. The third-order valence-electron chi connectivity index (χ3n) is 2.50. The molecule has 2 rings (SSSR count). The number of carbonyl (C=O) groups is 2. The minimum Gasteiger partial charge on any atom is -0.451 e. The van der Waals surface area contributed by atoms with Crippen LogP contribution in [0.5, 0.6) is 0 Å². The Hall–Kier alpha value is -1.88. The van der Waals surface area contributed by atoms with Crippen LogP contribution in [0.2, 0.25) is 0 Å². The summed E-state index contributed by atoms with van der Waals surface area (Å²) in [4.78, 5) is 22.2. The fourth-order valence-electron chi connectivity index (χ4n) is 1.60. The van der Waals surface area contributed by atoms with Crippen LogP contribution in [0.15, 0.2) is 30.3 Å². The van der Waals surface area contributed by atoms with Crippen LogP contribution in [0.3, 0.4) is 0 Å². The zero-order valence-corrected chi connectivity index (χ0v) is 9.83. The maximum atomic E-state index is 11.2. The normalized spacial score (nSPS) is 19.2. The number of hydrogen-bond donors (Lipinski definition) is 0. The van der Waals surface area contributed by atoms with Crippen molar-refractivity contribution in [2.75, 3.05) is 13.2 Å². The molecular formula is C13H14O5. The van der Waals surface area contributed by atoms with Gasteiger partial charge < -0.3 is 14.2 Å². The smallest absolute Gasteiger partial charge is 0.348 e. The molecule has 0 aliphatic carbocycles. The molecule has 1 fully saturated rings. The third kappa shape index (κ3) is 3.56. The van der Waals surface area contributed by atoms with E-state index in [1.807, 2.05) is 30.3 Å². The van der Waals surface area contributed by atoms with Crippen molar-refractivity contribution in [2.24, 2.45) is 0 Å². The molecule has 1 aliphatic rings. The predicted molar refractivity (Wildman–Crippen MR) is 61.6 cm³/mol. The molecule has 0 amide bonds. The third-order valence-corrected chi connectivity index (χ3v) is 2.50. The standard InChI is InChI=1S/C13H14O5/c14-12-9-17-13(15)11(18-12)6-7-16-8-10-4-2-1-3-5-10/h1-5,11H,6-9H2. The van der Waals surface area contributed by atoms with Crippen LogP contribution >= 0.6 is 0 Å². The van der Waals surface area contributed by atoms with E-state index < -0.39 is 18.0 Å². The Labute approximate surface area is 105 Å². The highest BCUT2D eigenvalue weighted by Crippen LogP contribution is 2.09. The van der Waals surface area contributed by atoms with Gasteiger partial charge in [0.2, 0.25) is 6.10 Å². The van der Waals surface area contributed by atoms with E-state index in [4.69, 9.17) is 9.47 Å². The van der Waals surface area contributed by atoms with Crippen molar-refractivity contribution in [2.45, 2.75) is 19.1 Å². The summed E-state index contributed by atoms with van der Waals surface area (Å²) in [5, 5.41) is 0. The summed E-state index contributed by atoms with van der Waals surface area (Å²) in [5.74, 6) is -1.01. The van der Waals surface area contributed by atoms with Crippen LogP contribution in [-0.4, -0.2) is 31.3 Å². The number of cyclic esters (lactones) is 2. The number of esters is 2. The molecule has 0 spiro atoms. The molecule has 1 saturated heterocycles. The SMILES string of the molecule is O=C1COC(=O)C(CCOCc2ccccc2)O1. The average molecular weight is 250 g/mol. The Morgan fingerprint density at radius 1 is 1.22 bits per heavy atom. The lowest BCUT2D eigenvalue weighted by Crippen LogP contribution is -2.38. The van der Waals surface area contributed by atoms with Crippen LogP contribution < -0.4 is 0 Å². The molecule has 0 bridgehead atoms. The van der Waals surface area contributed by atoms with Crippen molar-refractivity contribution in [3.05, 3.63) is 35.9 Å². The van der Waals surface area contributed by atoms with Crippen molar-refractivity contribution in [3.8, 4) is 0 Å². The molecule has 0 N–H and O–H groups in total. The number of ether oxygens (including phenoxy) is 3. The number of benzene rings is 1. The van der Waals surface area contributed by atoms with E-state index in [9.17, 15) is 9.59 Å². The number of hydrogen-bond acceptors (Lipinski definition) is 5. The van der Waals surface area contributed by atoms with Gasteiger partial charge in [0.15, 0.2) is 6.61 Å². The lowest BCUT2D eigenvalue weighted by atomic mass is 10.2. The van der Waals surface area contributed by atoms with Gasteiger partial charge >= 0.3 is 11.9 Å². The van der Waals surface area contributed by atoms with E-state index in [-0.39, 0.29) is 6.61 Å². The Bertz CT molecular complexity index is 415. The van der Waals surface area contributed by atoms with Gasteiger partial charge in [-0.15, -0.1) is 0 Å². The molecule has 1 unspecified atom stereocenters. The minimum atomic E-state index is -0.831. The Kier molecular flexibility index (Phi) is 4.30. The maximum Gasteiger partial charge on any atom is 0.348 e. The van der Waals surface area contributed by atoms with Crippen LogP contribution in [0, 0.1) is 0 Å². The second kappa shape index (κ2) is 6.16. The zero-order valence-electron chi connectivity index (χ0n) is 9.83. The highest BCUT2D eigenvalue weighted by atomic mass is 16.6. The Morgan fingerprint density at radius 3 is 2.78 bits per heavy atom. The molecule has 1 aromatic rings. The molecule has 1 heterocycles. The first-order valence-electron chi connectivity index (χ1n) is 5.73. The average Bonchev–Trinajstić information content (AvgIpc) is 2.40. The molecule has 5 heteroatoms. The predicted octanol–water partition coefficient (Wildman–Crippen LogP) is 1.06. The molecule has 5 nitrogen and oxygen atoms in total. The summed E-state index contributed by atoms with van der Waals surface area (Å²) in [7, 11) is 0. The van der Waals surface area contributed by atoms with E-state index in [1.165, 1.54) is 0 Å². The fourth-order valence-corrected chi connectivity index (χ4v) is 1.60.